The number of hydrogen-bond donors (Lipinski definition) is 1. The van der Waals surface area contributed by atoms with E-state index in [1.54, 1.807) is 33.7 Å². The SMILES string of the molecule is COc1ccc2nc(O)c(Cc3cncc4cc(OC)c(OC)cc34)cc2c1.Cl.Cl. The summed E-state index contributed by atoms with van der Waals surface area (Å²) in [6, 6.07) is 11.3. The number of methoxy groups -OCH3 is 3. The molecule has 2 aromatic carbocycles. The lowest BCUT2D eigenvalue weighted by Gasteiger charge is -2.12. The Balaban J connectivity index is 0.00000160. The van der Waals surface area contributed by atoms with Crippen molar-refractivity contribution in [1.29, 1.82) is 0 Å². The maximum absolute atomic E-state index is 10.4. The van der Waals surface area contributed by atoms with Gasteiger partial charge in [-0.3, -0.25) is 4.98 Å². The van der Waals surface area contributed by atoms with Crippen molar-refractivity contribution in [2.24, 2.45) is 0 Å². The number of aromatic nitrogens is 2. The zero-order chi connectivity index (χ0) is 19.7. The molecule has 4 aromatic rings. The van der Waals surface area contributed by atoms with E-state index in [9.17, 15) is 5.11 Å². The molecule has 158 valence electrons. The predicted molar refractivity (Wildman–Crippen MR) is 122 cm³/mol. The van der Waals surface area contributed by atoms with Crippen LogP contribution in [-0.4, -0.2) is 36.4 Å². The molecule has 6 nitrogen and oxygen atoms in total. The van der Waals surface area contributed by atoms with Crippen molar-refractivity contribution < 1.29 is 19.3 Å². The number of fused-ring (bicyclic) bond motifs is 2. The number of aromatic hydroxyl groups is 1. The van der Waals surface area contributed by atoms with E-state index < -0.39 is 0 Å². The maximum Gasteiger partial charge on any atom is 0.214 e. The molecule has 1 N–H and O–H groups in total. The van der Waals surface area contributed by atoms with Crippen LogP contribution in [0.15, 0.2) is 48.8 Å². The normalized spacial score (nSPS) is 10.2. The summed E-state index contributed by atoms with van der Waals surface area (Å²) >= 11 is 0. The van der Waals surface area contributed by atoms with Crippen molar-refractivity contribution in [3.05, 3.63) is 59.9 Å². The van der Waals surface area contributed by atoms with Crippen LogP contribution in [0.1, 0.15) is 11.1 Å². The van der Waals surface area contributed by atoms with Crippen molar-refractivity contribution in [3.8, 4) is 23.1 Å². The summed E-state index contributed by atoms with van der Waals surface area (Å²) in [7, 11) is 4.84. The first-order chi connectivity index (χ1) is 13.6. The van der Waals surface area contributed by atoms with Gasteiger partial charge in [-0.1, -0.05) is 0 Å². The zero-order valence-electron chi connectivity index (χ0n) is 16.7. The minimum absolute atomic E-state index is 0. The third-order valence-electron chi connectivity index (χ3n) is 4.80. The summed E-state index contributed by atoms with van der Waals surface area (Å²) in [5.74, 6) is 2.05. The average molecular weight is 449 g/mol. The quantitative estimate of drug-likeness (QED) is 0.465. The van der Waals surface area contributed by atoms with Crippen LogP contribution in [0.25, 0.3) is 21.7 Å². The van der Waals surface area contributed by atoms with Gasteiger partial charge in [0, 0.05) is 35.2 Å². The minimum atomic E-state index is 0. The third-order valence-corrected chi connectivity index (χ3v) is 4.80. The van der Waals surface area contributed by atoms with Gasteiger partial charge < -0.3 is 19.3 Å². The Morgan fingerprint density at radius 2 is 1.53 bits per heavy atom. The summed E-state index contributed by atoms with van der Waals surface area (Å²) in [6.07, 6.45) is 4.05. The first kappa shape index (κ1) is 23.3. The first-order valence-corrected chi connectivity index (χ1v) is 8.78. The van der Waals surface area contributed by atoms with Gasteiger partial charge in [-0.25, -0.2) is 4.98 Å². The molecule has 4 rings (SSSR count). The van der Waals surface area contributed by atoms with Crippen LogP contribution in [0.2, 0.25) is 0 Å². The predicted octanol–water partition coefficient (Wildman–Crippen LogP) is 4.95. The summed E-state index contributed by atoms with van der Waals surface area (Å²) in [4.78, 5) is 8.66. The van der Waals surface area contributed by atoms with Crippen molar-refractivity contribution in [2.75, 3.05) is 21.3 Å². The molecule has 0 radical (unpaired) electrons. The van der Waals surface area contributed by atoms with Crippen LogP contribution in [0, 0.1) is 0 Å². The Bertz CT molecular complexity index is 1180. The van der Waals surface area contributed by atoms with E-state index in [-0.39, 0.29) is 30.7 Å². The molecular weight excluding hydrogens is 427 g/mol. The summed E-state index contributed by atoms with van der Waals surface area (Å²) in [6.45, 7) is 0. The molecule has 0 spiro atoms. The fourth-order valence-corrected chi connectivity index (χ4v) is 3.35. The van der Waals surface area contributed by atoms with Gasteiger partial charge in [0.1, 0.15) is 5.75 Å². The van der Waals surface area contributed by atoms with Crippen LogP contribution in [-0.2, 0) is 6.42 Å². The molecule has 0 aliphatic rings. The number of nitrogens with zero attached hydrogens (tertiary/aromatic N) is 2. The molecule has 0 bridgehead atoms. The Morgan fingerprint density at radius 1 is 0.800 bits per heavy atom. The standard InChI is InChI=1S/C22H20N2O4.2ClH/c1-26-17-4-5-19-13(8-17)6-14(22(25)24-19)7-15-11-23-12-16-9-20(27-2)21(28-3)10-18(15)16;;/h4-6,8-12H,7H2,1-3H3,(H,24,25);2*1H. The van der Waals surface area contributed by atoms with Gasteiger partial charge in [-0.15, -0.1) is 24.8 Å². The first-order valence-electron chi connectivity index (χ1n) is 8.78. The smallest absolute Gasteiger partial charge is 0.214 e. The molecule has 30 heavy (non-hydrogen) atoms. The van der Waals surface area contributed by atoms with E-state index in [4.69, 9.17) is 14.2 Å². The van der Waals surface area contributed by atoms with Crippen LogP contribution in [0.5, 0.6) is 23.1 Å². The molecule has 0 atom stereocenters. The number of pyridine rings is 2. The highest BCUT2D eigenvalue weighted by Gasteiger charge is 2.13. The van der Waals surface area contributed by atoms with E-state index in [1.165, 1.54) is 0 Å². The van der Waals surface area contributed by atoms with E-state index in [0.717, 1.165) is 27.5 Å². The van der Waals surface area contributed by atoms with Crippen LogP contribution in [0.3, 0.4) is 0 Å². The average Bonchev–Trinajstić information content (AvgIpc) is 2.73. The van der Waals surface area contributed by atoms with Crippen molar-refractivity contribution >= 4 is 46.5 Å². The molecule has 0 saturated heterocycles. The second-order valence-corrected chi connectivity index (χ2v) is 6.43. The number of halogens is 2. The maximum atomic E-state index is 10.4. The molecule has 0 aliphatic heterocycles. The van der Waals surface area contributed by atoms with Gasteiger partial charge in [0.15, 0.2) is 11.5 Å². The van der Waals surface area contributed by atoms with Crippen molar-refractivity contribution in [3.63, 3.8) is 0 Å². The monoisotopic (exact) mass is 448 g/mol. The fourth-order valence-electron chi connectivity index (χ4n) is 3.35. The Hall–Kier alpha value is -2.96. The lowest BCUT2D eigenvalue weighted by Crippen LogP contribution is -1.96. The van der Waals surface area contributed by atoms with Gasteiger partial charge in [-0.2, -0.15) is 0 Å². The number of rotatable bonds is 5. The van der Waals surface area contributed by atoms with Gasteiger partial charge >= 0.3 is 0 Å². The van der Waals surface area contributed by atoms with Gasteiger partial charge in [0.25, 0.3) is 0 Å². The molecule has 0 fully saturated rings. The number of benzene rings is 2. The topological polar surface area (TPSA) is 73.7 Å². The second kappa shape index (κ2) is 9.69. The van der Waals surface area contributed by atoms with Crippen LogP contribution >= 0.6 is 24.8 Å². The van der Waals surface area contributed by atoms with E-state index in [0.29, 0.717) is 29.0 Å². The van der Waals surface area contributed by atoms with Crippen LogP contribution in [0.4, 0.5) is 0 Å². The lowest BCUT2D eigenvalue weighted by molar-refractivity contribution is 0.356. The highest BCUT2D eigenvalue weighted by atomic mass is 35.5. The fraction of sp³-hybridized carbons (Fsp3) is 0.182. The van der Waals surface area contributed by atoms with E-state index >= 15 is 0 Å². The molecule has 2 heterocycles. The Morgan fingerprint density at radius 3 is 2.23 bits per heavy atom. The highest BCUT2D eigenvalue weighted by molar-refractivity contribution is 5.89. The molecule has 0 aliphatic carbocycles. The third kappa shape index (κ3) is 4.30. The van der Waals surface area contributed by atoms with E-state index in [1.807, 2.05) is 36.4 Å². The van der Waals surface area contributed by atoms with Crippen molar-refractivity contribution in [1.82, 2.24) is 9.97 Å². The molecule has 2 aromatic heterocycles. The van der Waals surface area contributed by atoms with Crippen LogP contribution < -0.4 is 14.2 Å². The number of ether oxygens (including phenoxy) is 3. The van der Waals surface area contributed by atoms with Gasteiger partial charge in [0.05, 0.1) is 26.8 Å². The van der Waals surface area contributed by atoms with E-state index in [2.05, 4.69) is 9.97 Å². The van der Waals surface area contributed by atoms with Gasteiger partial charge in [0.2, 0.25) is 5.88 Å². The summed E-state index contributed by atoms with van der Waals surface area (Å²) in [5.41, 5.74) is 2.38. The Kier molecular flexibility index (Phi) is 7.54. The Labute approximate surface area is 186 Å². The molecule has 0 amide bonds. The molecular formula is C22H22Cl2N2O4. The van der Waals surface area contributed by atoms with Gasteiger partial charge in [-0.05, 0) is 47.3 Å². The second-order valence-electron chi connectivity index (χ2n) is 6.43. The molecule has 0 saturated carbocycles. The summed E-state index contributed by atoms with van der Waals surface area (Å²) < 4.78 is 16.1. The minimum Gasteiger partial charge on any atom is -0.497 e. The number of hydrogen-bond acceptors (Lipinski definition) is 6. The zero-order valence-corrected chi connectivity index (χ0v) is 18.3. The lowest BCUT2D eigenvalue weighted by atomic mass is 10.00. The largest absolute Gasteiger partial charge is 0.497 e. The molecule has 0 unspecified atom stereocenters. The summed E-state index contributed by atoms with van der Waals surface area (Å²) in [5, 5.41) is 13.3. The molecule has 8 heteroatoms. The van der Waals surface area contributed by atoms with Crippen molar-refractivity contribution in [2.45, 2.75) is 6.42 Å². The highest BCUT2D eigenvalue weighted by Crippen LogP contribution is 2.34.